The summed E-state index contributed by atoms with van der Waals surface area (Å²) in [5.74, 6) is 2.22. The van der Waals surface area contributed by atoms with E-state index in [9.17, 15) is 0 Å². The van der Waals surface area contributed by atoms with Gasteiger partial charge >= 0.3 is 0 Å². The van der Waals surface area contributed by atoms with Crippen molar-refractivity contribution in [1.29, 1.82) is 0 Å². The molecule has 0 unspecified atom stereocenters. The predicted octanol–water partition coefficient (Wildman–Crippen LogP) is 2.04. The minimum atomic E-state index is 0.531. The molecule has 4 rings (SSSR count). The van der Waals surface area contributed by atoms with Crippen LogP contribution in [0.5, 0.6) is 0 Å². The summed E-state index contributed by atoms with van der Waals surface area (Å²) < 4.78 is 7.40. The van der Waals surface area contributed by atoms with Gasteiger partial charge < -0.3 is 4.52 Å². The standard InChI is InChI=1S/C19H25N7O/c1-3-5-16-20-19(27-23-16)15-6-8-26-17(13-15)21-22-18(26)14-25-11-9-24(7-4-2)10-12-25/h4,6,8,13H,2-3,5,7,9-12,14H2,1H3. The van der Waals surface area contributed by atoms with Crippen LogP contribution in [0.15, 0.2) is 35.5 Å². The van der Waals surface area contributed by atoms with Gasteiger partial charge in [-0.3, -0.25) is 14.2 Å². The maximum Gasteiger partial charge on any atom is 0.258 e. The van der Waals surface area contributed by atoms with Crippen molar-refractivity contribution < 1.29 is 4.52 Å². The lowest BCUT2D eigenvalue weighted by atomic mass is 10.2. The van der Waals surface area contributed by atoms with Crippen LogP contribution in [0.2, 0.25) is 0 Å². The lowest BCUT2D eigenvalue weighted by Gasteiger charge is -2.33. The highest BCUT2D eigenvalue weighted by atomic mass is 16.5. The van der Waals surface area contributed by atoms with Crippen molar-refractivity contribution in [3.63, 3.8) is 0 Å². The van der Waals surface area contributed by atoms with Gasteiger partial charge in [-0.25, -0.2) is 0 Å². The van der Waals surface area contributed by atoms with E-state index < -0.39 is 0 Å². The number of rotatable bonds is 7. The van der Waals surface area contributed by atoms with Crippen molar-refractivity contribution in [2.45, 2.75) is 26.3 Å². The number of aryl methyl sites for hydroxylation is 1. The summed E-state index contributed by atoms with van der Waals surface area (Å²) in [7, 11) is 0. The molecule has 0 radical (unpaired) electrons. The summed E-state index contributed by atoms with van der Waals surface area (Å²) in [6.07, 6.45) is 5.76. The highest BCUT2D eigenvalue weighted by Gasteiger charge is 2.18. The summed E-state index contributed by atoms with van der Waals surface area (Å²) in [5, 5.41) is 12.7. The second kappa shape index (κ2) is 7.98. The van der Waals surface area contributed by atoms with E-state index in [2.05, 4.69) is 43.6 Å². The van der Waals surface area contributed by atoms with Crippen LogP contribution in [-0.4, -0.2) is 67.3 Å². The average molecular weight is 367 g/mol. The highest BCUT2D eigenvalue weighted by molar-refractivity contribution is 5.59. The van der Waals surface area contributed by atoms with E-state index in [0.29, 0.717) is 5.89 Å². The molecule has 0 aliphatic carbocycles. The Hall–Kier alpha value is -2.58. The second-order valence-electron chi connectivity index (χ2n) is 6.89. The number of aromatic nitrogens is 5. The van der Waals surface area contributed by atoms with Gasteiger partial charge in [0.05, 0.1) is 6.54 Å². The van der Waals surface area contributed by atoms with Crippen molar-refractivity contribution in [1.82, 2.24) is 34.5 Å². The summed E-state index contributed by atoms with van der Waals surface area (Å²) >= 11 is 0. The minimum absolute atomic E-state index is 0.531. The molecule has 0 saturated carbocycles. The number of nitrogens with zero attached hydrogens (tertiary/aromatic N) is 7. The Morgan fingerprint density at radius 3 is 2.78 bits per heavy atom. The van der Waals surface area contributed by atoms with Gasteiger partial charge in [-0.15, -0.1) is 16.8 Å². The molecule has 0 atom stereocenters. The molecule has 27 heavy (non-hydrogen) atoms. The SMILES string of the molecule is C=CCN1CCN(Cc2nnc3cc(-c4nc(CCC)no4)ccn23)CC1. The van der Waals surface area contributed by atoms with Gasteiger partial charge in [-0.05, 0) is 18.6 Å². The van der Waals surface area contributed by atoms with Crippen molar-refractivity contribution in [2.24, 2.45) is 0 Å². The molecule has 3 aromatic rings. The van der Waals surface area contributed by atoms with E-state index in [0.717, 1.165) is 75.0 Å². The molecule has 0 aromatic carbocycles. The molecule has 8 nitrogen and oxygen atoms in total. The van der Waals surface area contributed by atoms with Gasteiger partial charge in [-0.2, -0.15) is 4.98 Å². The molecule has 0 bridgehead atoms. The number of fused-ring (bicyclic) bond motifs is 1. The third-order valence-corrected chi connectivity index (χ3v) is 4.89. The molecule has 1 aliphatic rings. The van der Waals surface area contributed by atoms with Crippen LogP contribution >= 0.6 is 0 Å². The summed E-state index contributed by atoms with van der Waals surface area (Å²) in [5.41, 5.74) is 1.66. The Morgan fingerprint density at radius 1 is 1.19 bits per heavy atom. The van der Waals surface area contributed by atoms with Gasteiger partial charge in [0.25, 0.3) is 5.89 Å². The fourth-order valence-electron chi connectivity index (χ4n) is 3.39. The molecule has 0 N–H and O–H groups in total. The molecule has 4 heterocycles. The van der Waals surface area contributed by atoms with E-state index in [-0.39, 0.29) is 0 Å². The second-order valence-corrected chi connectivity index (χ2v) is 6.89. The first kappa shape index (κ1) is 17.8. The van der Waals surface area contributed by atoms with Crippen molar-refractivity contribution in [3.8, 4) is 11.5 Å². The zero-order chi connectivity index (χ0) is 18.6. The first-order valence-electron chi connectivity index (χ1n) is 9.49. The van der Waals surface area contributed by atoms with Crippen LogP contribution in [-0.2, 0) is 13.0 Å². The fraction of sp³-hybridized carbons (Fsp3) is 0.474. The van der Waals surface area contributed by atoms with Crippen LogP contribution in [0.25, 0.3) is 17.1 Å². The number of hydrogen-bond donors (Lipinski definition) is 0. The van der Waals surface area contributed by atoms with E-state index in [1.54, 1.807) is 0 Å². The maximum absolute atomic E-state index is 5.37. The smallest absolute Gasteiger partial charge is 0.258 e. The molecular formula is C19H25N7O. The lowest BCUT2D eigenvalue weighted by molar-refractivity contribution is 0.134. The Morgan fingerprint density at radius 2 is 2.00 bits per heavy atom. The molecule has 1 fully saturated rings. The quantitative estimate of drug-likeness (QED) is 0.592. The minimum Gasteiger partial charge on any atom is -0.334 e. The van der Waals surface area contributed by atoms with Crippen molar-refractivity contribution in [2.75, 3.05) is 32.7 Å². The van der Waals surface area contributed by atoms with Crippen LogP contribution in [0.3, 0.4) is 0 Å². The van der Waals surface area contributed by atoms with Gasteiger partial charge in [0, 0.05) is 50.9 Å². The molecule has 1 aliphatic heterocycles. The third kappa shape index (κ3) is 3.91. The van der Waals surface area contributed by atoms with Crippen LogP contribution < -0.4 is 0 Å². The molecule has 3 aromatic heterocycles. The summed E-state index contributed by atoms with van der Waals surface area (Å²) in [4.78, 5) is 9.27. The van der Waals surface area contributed by atoms with Crippen molar-refractivity contribution in [3.05, 3.63) is 42.6 Å². The van der Waals surface area contributed by atoms with E-state index in [4.69, 9.17) is 4.52 Å². The maximum atomic E-state index is 5.37. The Balaban J connectivity index is 1.47. The fourth-order valence-corrected chi connectivity index (χ4v) is 3.39. The molecule has 0 amide bonds. The van der Waals surface area contributed by atoms with Crippen LogP contribution in [0, 0.1) is 0 Å². The van der Waals surface area contributed by atoms with E-state index in [1.807, 2.05) is 28.8 Å². The Labute approximate surface area is 158 Å². The molecule has 8 heteroatoms. The third-order valence-electron chi connectivity index (χ3n) is 4.89. The zero-order valence-corrected chi connectivity index (χ0v) is 15.7. The highest BCUT2D eigenvalue weighted by Crippen LogP contribution is 2.20. The Bertz CT molecular complexity index is 908. The Kier molecular flexibility index (Phi) is 5.26. The summed E-state index contributed by atoms with van der Waals surface area (Å²) in [6.45, 7) is 11.8. The summed E-state index contributed by atoms with van der Waals surface area (Å²) in [6, 6.07) is 3.92. The predicted molar refractivity (Wildman–Crippen MR) is 102 cm³/mol. The monoisotopic (exact) mass is 367 g/mol. The average Bonchev–Trinajstić information content (AvgIpc) is 3.31. The normalized spacial score (nSPS) is 16.2. The van der Waals surface area contributed by atoms with Gasteiger partial charge in [-0.1, -0.05) is 18.2 Å². The first-order chi connectivity index (χ1) is 13.3. The van der Waals surface area contributed by atoms with Crippen LogP contribution in [0.1, 0.15) is 25.0 Å². The van der Waals surface area contributed by atoms with Gasteiger partial charge in [0.1, 0.15) is 0 Å². The number of piperazine rings is 1. The van der Waals surface area contributed by atoms with Crippen LogP contribution in [0.4, 0.5) is 0 Å². The zero-order valence-electron chi connectivity index (χ0n) is 15.7. The molecule has 142 valence electrons. The molecule has 0 spiro atoms. The van der Waals surface area contributed by atoms with Gasteiger partial charge in [0.2, 0.25) is 0 Å². The largest absolute Gasteiger partial charge is 0.334 e. The van der Waals surface area contributed by atoms with E-state index in [1.165, 1.54) is 0 Å². The topological polar surface area (TPSA) is 75.6 Å². The lowest BCUT2D eigenvalue weighted by Crippen LogP contribution is -2.45. The van der Waals surface area contributed by atoms with E-state index >= 15 is 0 Å². The van der Waals surface area contributed by atoms with Crippen molar-refractivity contribution >= 4 is 5.65 Å². The molecular weight excluding hydrogens is 342 g/mol. The number of pyridine rings is 1. The molecule has 1 saturated heterocycles. The first-order valence-corrected chi connectivity index (χ1v) is 9.49. The number of hydrogen-bond acceptors (Lipinski definition) is 7. The van der Waals surface area contributed by atoms with Gasteiger partial charge in [0.15, 0.2) is 17.3 Å².